The summed E-state index contributed by atoms with van der Waals surface area (Å²) in [6, 6.07) is 20.6. The predicted octanol–water partition coefficient (Wildman–Crippen LogP) is 3.90. The number of amides is 1. The normalized spacial score (nSPS) is 10.9. The van der Waals surface area contributed by atoms with Crippen LogP contribution in [-0.4, -0.2) is 29.0 Å². The third-order valence-electron chi connectivity index (χ3n) is 4.24. The molecule has 0 atom stereocenters. The molecule has 2 heterocycles. The van der Waals surface area contributed by atoms with Crippen LogP contribution in [0.3, 0.4) is 0 Å². The van der Waals surface area contributed by atoms with Crippen molar-refractivity contribution in [1.82, 2.24) is 15.2 Å². The molecule has 7 nitrogen and oxygen atoms in total. The van der Waals surface area contributed by atoms with Crippen LogP contribution >= 0.6 is 0 Å². The Hall–Kier alpha value is -4.13. The molecule has 0 aliphatic heterocycles. The van der Waals surface area contributed by atoms with E-state index in [1.165, 1.54) is 6.26 Å². The number of aromatic nitrogens is 2. The Morgan fingerprint density at radius 2 is 1.90 bits per heavy atom. The SMILES string of the molecule is COc1ccccc1-c1nn(-c2ccccc2)cc1/C=N\NC(=O)c1ccco1. The third-order valence-corrected chi connectivity index (χ3v) is 4.24. The number of nitrogens with one attached hydrogen (secondary N) is 1. The monoisotopic (exact) mass is 386 g/mol. The van der Waals surface area contributed by atoms with Crippen LogP contribution in [0.4, 0.5) is 0 Å². The summed E-state index contributed by atoms with van der Waals surface area (Å²) in [4.78, 5) is 12.0. The van der Waals surface area contributed by atoms with Gasteiger partial charge in [0.15, 0.2) is 5.76 Å². The van der Waals surface area contributed by atoms with E-state index < -0.39 is 5.91 Å². The maximum atomic E-state index is 12.0. The zero-order valence-corrected chi connectivity index (χ0v) is 15.6. The molecule has 0 fully saturated rings. The van der Waals surface area contributed by atoms with Gasteiger partial charge in [-0.1, -0.05) is 30.3 Å². The Morgan fingerprint density at radius 3 is 2.66 bits per heavy atom. The van der Waals surface area contributed by atoms with Crippen molar-refractivity contribution in [1.29, 1.82) is 0 Å². The summed E-state index contributed by atoms with van der Waals surface area (Å²) in [5, 5.41) is 8.79. The van der Waals surface area contributed by atoms with Crippen LogP contribution in [0.1, 0.15) is 16.1 Å². The van der Waals surface area contributed by atoms with Crippen molar-refractivity contribution in [2.45, 2.75) is 0 Å². The van der Waals surface area contributed by atoms with Crippen molar-refractivity contribution in [3.8, 4) is 22.7 Å². The van der Waals surface area contributed by atoms with Crippen molar-refractivity contribution in [3.63, 3.8) is 0 Å². The summed E-state index contributed by atoms with van der Waals surface area (Å²) < 4.78 is 12.3. The summed E-state index contributed by atoms with van der Waals surface area (Å²) in [6.45, 7) is 0. The molecule has 0 aliphatic rings. The molecule has 0 aliphatic carbocycles. The van der Waals surface area contributed by atoms with Crippen molar-refractivity contribution >= 4 is 12.1 Å². The summed E-state index contributed by atoms with van der Waals surface area (Å²) in [5.41, 5.74) is 5.59. The lowest BCUT2D eigenvalue weighted by Crippen LogP contribution is -2.16. The van der Waals surface area contributed by atoms with E-state index in [4.69, 9.17) is 14.3 Å². The van der Waals surface area contributed by atoms with Crippen LogP contribution in [0.15, 0.2) is 88.7 Å². The highest BCUT2D eigenvalue weighted by atomic mass is 16.5. The molecular weight excluding hydrogens is 368 g/mol. The van der Waals surface area contributed by atoms with Gasteiger partial charge in [0.05, 0.1) is 25.3 Å². The molecule has 144 valence electrons. The van der Waals surface area contributed by atoms with Crippen molar-refractivity contribution in [3.05, 3.63) is 90.5 Å². The summed E-state index contributed by atoms with van der Waals surface area (Å²) >= 11 is 0. The van der Waals surface area contributed by atoms with Crippen molar-refractivity contribution < 1.29 is 13.9 Å². The molecule has 0 radical (unpaired) electrons. The average molecular weight is 386 g/mol. The Morgan fingerprint density at radius 1 is 1.10 bits per heavy atom. The topological polar surface area (TPSA) is 81.6 Å². The number of rotatable bonds is 6. The van der Waals surface area contributed by atoms with Crippen molar-refractivity contribution in [2.75, 3.05) is 7.11 Å². The molecule has 4 rings (SSSR count). The fourth-order valence-electron chi connectivity index (χ4n) is 2.87. The highest BCUT2D eigenvalue weighted by molar-refractivity contribution is 5.94. The minimum Gasteiger partial charge on any atom is -0.496 e. The number of carbonyl (C=O) groups is 1. The number of carbonyl (C=O) groups excluding carboxylic acids is 1. The van der Waals surface area contributed by atoms with Gasteiger partial charge in [0, 0.05) is 17.3 Å². The second kappa shape index (κ2) is 8.26. The minimum atomic E-state index is -0.430. The van der Waals surface area contributed by atoms with Crippen LogP contribution in [0.2, 0.25) is 0 Å². The smallest absolute Gasteiger partial charge is 0.307 e. The van der Waals surface area contributed by atoms with Crippen LogP contribution in [0.25, 0.3) is 16.9 Å². The van der Waals surface area contributed by atoms with Gasteiger partial charge < -0.3 is 9.15 Å². The number of hydrogen-bond donors (Lipinski definition) is 1. The summed E-state index contributed by atoms with van der Waals surface area (Å²) in [5.74, 6) is 0.452. The molecule has 1 amide bonds. The van der Waals surface area contributed by atoms with Gasteiger partial charge in [-0.25, -0.2) is 10.1 Å². The number of furan rings is 1. The molecule has 2 aromatic carbocycles. The number of benzene rings is 2. The molecule has 7 heteroatoms. The summed E-state index contributed by atoms with van der Waals surface area (Å²) in [7, 11) is 1.62. The lowest BCUT2D eigenvalue weighted by atomic mass is 10.1. The van der Waals surface area contributed by atoms with E-state index in [0.717, 1.165) is 16.8 Å². The molecule has 4 aromatic rings. The fourth-order valence-corrected chi connectivity index (χ4v) is 2.87. The van der Waals surface area contributed by atoms with Gasteiger partial charge in [-0.3, -0.25) is 4.79 Å². The number of para-hydroxylation sites is 2. The maximum Gasteiger partial charge on any atom is 0.307 e. The molecule has 1 N–H and O–H groups in total. The fraction of sp³-hybridized carbons (Fsp3) is 0.0455. The van der Waals surface area contributed by atoms with Crippen molar-refractivity contribution in [2.24, 2.45) is 5.10 Å². The predicted molar refractivity (Wildman–Crippen MR) is 109 cm³/mol. The first kappa shape index (κ1) is 18.2. The molecule has 29 heavy (non-hydrogen) atoms. The lowest BCUT2D eigenvalue weighted by Gasteiger charge is -2.06. The largest absolute Gasteiger partial charge is 0.496 e. The average Bonchev–Trinajstić information content (AvgIpc) is 3.45. The van der Waals surface area contributed by atoms with Crippen LogP contribution in [-0.2, 0) is 0 Å². The third kappa shape index (κ3) is 3.93. The van der Waals surface area contributed by atoms with E-state index >= 15 is 0 Å². The van der Waals surface area contributed by atoms with Crippen LogP contribution < -0.4 is 10.2 Å². The Balaban J connectivity index is 1.70. The van der Waals surface area contributed by atoms with Crippen LogP contribution in [0, 0.1) is 0 Å². The number of hydrogen-bond acceptors (Lipinski definition) is 5. The molecule has 0 saturated carbocycles. The van der Waals surface area contributed by atoms with Gasteiger partial charge in [-0.2, -0.15) is 10.2 Å². The van der Waals surface area contributed by atoms with Gasteiger partial charge in [-0.15, -0.1) is 0 Å². The van der Waals surface area contributed by atoms with Gasteiger partial charge in [0.25, 0.3) is 0 Å². The van der Waals surface area contributed by atoms with Crippen LogP contribution in [0.5, 0.6) is 5.75 Å². The van der Waals surface area contributed by atoms with E-state index in [0.29, 0.717) is 11.4 Å². The molecular formula is C22H18N4O3. The molecule has 0 spiro atoms. The highest BCUT2D eigenvalue weighted by Gasteiger charge is 2.15. The first-order valence-electron chi connectivity index (χ1n) is 8.91. The quantitative estimate of drug-likeness (QED) is 0.402. The van der Waals surface area contributed by atoms with Gasteiger partial charge in [0.1, 0.15) is 11.4 Å². The zero-order valence-electron chi connectivity index (χ0n) is 15.6. The Bertz CT molecular complexity index is 1130. The molecule has 0 unspecified atom stereocenters. The number of ether oxygens (including phenoxy) is 1. The maximum absolute atomic E-state index is 12.0. The second-order valence-electron chi connectivity index (χ2n) is 6.09. The number of methoxy groups -OCH3 is 1. The van der Waals surface area contributed by atoms with Gasteiger partial charge in [-0.05, 0) is 36.4 Å². The van der Waals surface area contributed by atoms with E-state index in [1.54, 1.807) is 30.1 Å². The zero-order chi connectivity index (χ0) is 20.1. The summed E-state index contributed by atoms with van der Waals surface area (Å²) in [6.07, 6.45) is 4.83. The molecule has 0 bridgehead atoms. The van der Waals surface area contributed by atoms with E-state index in [2.05, 4.69) is 10.5 Å². The van der Waals surface area contributed by atoms with Gasteiger partial charge >= 0.3 is 5.91 Å². The number of nitrogens with zero attached hydrogens (tertiary/aromatic N) is 3. The standard InChI is InChI=1S/C22H18N4O3/c1-28-19-11-6-5-10-18(19)21-16(14-23-24-22(27)20-12-7-13-29-20)15-26(25-21)17-8-3-2-4-9-17/h2-15H,1H3,(H,24,27)/b23-14-. The van der Waals surface area contributed by atoms with E-state index in [-0.39, 0.29) is 5.76 Å². The number of hydrazone groups is 1. The second-order valence-corrected chi connectivity index (χ2v) is 6.09. The lowest BCUT2D eigenvalue weighted by molar-refractivity contribution is 0.0927. The van der Waals surface area contributed by atoms with Gasteiger partial charge in [0.2, 0.25) is 0 Å². The van der Waals surface area contributed by atoms with E-state index in [9.17, 15) is 4.79 Å². The minimum absolute atomic E-state index is 0.187. The molecule has 2 aromatic heterocycles. The Labute approximate surface area is 167 Å². The van der Waals surface area contributed by atoms with E-state index in [1.807, 2.05) is 60.8 Å². The molecule has 0 saturated heterocycles. The Kier molecular flexibility index (Phi) is 5.20. The first-order chi connectivity index (χ1) is 14.3. The highest BCUT2D eigenvalue weighted by Crippen LogP contribution is 2.31. The first-order valence-corrected chi connectivity index (χ1v) is 8.91.